The minimum Gasteiger partial charge on any atom is -0.507 e. The van der Waals surface area contributed by atoms with Gasteiger partial charge in [-0.2, -0.15) is 0 Å². The molecule has 3 rings (SSSR count). The lowest BCUT2D eigenvalue weighted by molar-refractivity contribution is -0.140. The highest BCUT2D eigenvalue weighted by Crippen LogP contribution is 2.41. The molecule has 1 unspecified atom stereocenters. The minimum atomic E-state index is -0.833. The molecule has 2 N–H and O–H groups in total. The molecule has 164 valence electrons. The lowest BCUT2D eigenvalue weighted by Crippen LogP contribution is -2.35. The number of phenolic OH excluding ortho intramolecular Hbond substituents is 1. The number of likely N-dealkylation sites (N-methyl/N-ethyl adjacent to an activating group) is 1. The van der Waals surface area contributed by atoms with Crippen LogP contribution in [-0.4, -0.2) is 73.1 Å². The second-order valence-corrected chi connectivity index (χ2v) is 7.46. The van der Waals surface area contributed by atoms with E-state index in [0.717, 1.165) is 0 Å². The Bertz CT molecular complexity index is 1030. The fourth-order valence-electron chi connectivity index (χ4n) is 3.56. The van der Waals surface area contributed by atoms with E-state index in [0.29, 0.717) is 23.4 Å². The molecule has 1 fully saturated rings. The normalized spacial score (nSPS) is 18.0. The number of amides is 1. The number of Topliss-reactive ketones (excluding diaryl/α,β-unsaturated/α-hetero) is 1. The molecule has 2 aromatic rings. The molecule has 0 radical (unpaired) electrons. The summed E-state index contributed by atoms with van der Waals surface area (Å²) in [6.45, 7) is 0.804. The summed E-state index contributed by atoms with van der Waals surface area (Å²) in [6, 6.07) is 10.4. The number of likely N-dealkylation sites (tertiary alicyclic amines) is 1. The van der Waals surface area contributed by atoms with Crippen LogP contribution in [0.15, 0.2) is 48.0 Å². The summed E-state index contributed by atoms with van der Waals surface area (Å²) in [5, 5.41) is 21.0. The van der Waals surface area contributed by atoms with Crippen LogP contribution in [0.2, 0.25) is 0 Å². The van der Waals surface area contributed by atoms with Crippen molar-refractivity contribution in [1.82, 2.24) is 9.80 Å². The monoisotopic (exact) mass is 426 g/mol. The third-order valence-electron chi connectivity index (χ3n) is 5.19. The van der Waals surface area contributed by atoms with Crippen LogP contribution in [0, 0.1) is 0 Å². The summed E-state index contributed by atoms with van der Waals surface area (Å²) in [5.74, 6) is -1.10. The predicted octanol–water partition coefficient (Wildman–Crippen LogP) is 2.39. The fraction of sp³-hybridized carbons (Fsp3) is 0.304. The van der Waals surface area contributed by atoms with Crippen LogP contribution in [0.3, 0.4) is 0 Å². The van der Waals surface area contributed by atoms with E-state index in [2.05, 4.69) is 0 Å². The van der Waals surface area contributed by atoms with Gasteiger partial charge >= 0.3 is 0 Å². The van der Waals surface area contributed by atoms with Crippen molar-refractivity contribution in [3.8, 4) is 17.2 Å². The molecule has 8 heteroatoms. The van der Waals surface area contributed by atoms with Crippen LogP contribution in [0.4, 0.5) is 0 Å². The zero-order valence-electron chi connectivity index (χ0n) is 18.0. The van der Waals surface area contributed by atoms with E-state index in [1.54, 1.807) is 36.4 Å². The SMILES string of the molecule is COc1cccc(/C(O)=C2/C(=O)C(=O)N(CCN(C)C)C2c2ccc(O)c(OC)c2)c1. The Labute approximate surface area is 180 Å². The molecule has 1 aliphatic heterocycles. The van der Waals surface area contributed by atoms with Crippen molar-refractivity contribution in [3.63, 3.8) is 0 Å². The Morgan fingerprint density at radius 1 is 1.10 bits per heavy atom. The number of aliphatic hydroxyl groups is 1. The minimum absolute atomic E-state index is 0.0234. The molecule has 0 saturated carbocycles. The summed E-state index contributed by atoms with van der Waals surface area (Å²) < 4.78 is 10.4. The van der Waals surface area contributed by atoms with Gasteiger partial charge in [0, 0.05) is 18.7 Å². The Kier molecular flexibility index (Phi) is 6.50. The number of ketones is 1. The quantitative estimate of drug-likeness (QED) is 0.398. The van der Waals surface area contributed by atoms with Gasteiger partial charge in [0.05, 0.1) is 25.8 Å². The van der Waals surface area contributed by atoms with Crippen molar-refractivity contribution in [3.05, 3.63) is 59.2 Å². The summed E-state index contributed by atoms with van der Waals surface area (Å²) >= 11 is 0. The van der Waals surface area contributed by atoms with Crippen molar-refractivity contribution in [2.75, 3.05) is 41.4 Å². The number of rotatable bonds is 7. The number of benzene rings is 2. The van der Waals surface area contributed by atoms with E-state index in [4.69, 9.17) is 9.47 Å². The fourth-order valence-corrected chi connectivity index (χ4v) is 3.56. The van der Waals surface area contributed by atoms with Crippen molar-refractivity contribution >= 4 is 17.4 Å². The zero-order valence-corrected chi connectivity index (χ0v) is 18.0. The average Bonchev–Trinajstić information content (AvgIpc) is 3.02. The van der Waals surface area contributed by atoms with Gasteiger partial charge in [-0.15, -0.1) is 0 Å². The first-order valence-corrected chi connectivity index (χ1v) is 9.73. The van der Waals surface area contributed by atoms with E-state index in [9.17, 15) is 19.8 Å². The Hall–Kier alpha value is -3.52. The molecule has 2 aromatic carbocycles. The molecular formula is C23H26N2O6. The molecule has 0 aromatic heterocycles. The predicted molar refractivity (Wildman–Crippen MR) is 115 cm³/mol. The maximum Gasteiger partial charge on any atom is 0.295 e. The largest absolute Gasteiger partial charge is 0.507 e. The zero-order chi connectivity index (χ0) is 22.7. The van der Waals surface area contributed by atoms with Gasteiger partial charge in [0.1, 0.15) is 11.5 Å². The second-order valence-electron chi connectivity index (χ2n) is 7.46. The molecule has 0 spiro atoms. The van der Waals surface area contributed by atoms with Crippen LogP contribution in [0.5, 0.6) is 17.2 Å². The van der Waals surface area contributed by atoms with Crippen LogP contribution in [-0.2, 0) is 9.59 Å². The molecule has 0 aliphatic carbocycles. The number of ether oxygens (including phenoxy) is 2. The van der Waals surface area contributed by atoms with E-state index in [1.807, 2.05) is 19.0 Å². The van der Waals surface area contributed by atoms with E-state index >= 15 is 0 Å². The lowest BCUT2D eigenvalue weighted by atomic mass is 9.95. The Balaban J connectivity index is 2.19. The lowest BCUT2D eigenvalue weighted by Gasteiger charge is -2.27. The Morgan fingerprint density at radius 3 is 2.48 bits per heavy atom. The van der Waals surface area contributed by atoms with Gasteiger partial charge in [0.2, 0.25) is 0 Å². The van der Waals surface area contributed by atoms with Crippen molar-refractivity contribution in [2.24, 2.45) is 0 Å². The third-order valence-corrected chi connectivity index (χ3v) is 5.19. The number of nitrogens with zero attached hydrogens (tertiary/aromatic N) is 2. The second kappa shape index (κ2) is 9.09. The van der Waals surface area contributed by atoms with Gasteiger partial charge in [0.25, 0.3) is 11.7 Å². The number of hydrogen-bond acceptors (Lipinski definition) is 7. The number of carbonyl (C=O) groups is 2. The van der Waals surface area contributed by atoms with Crippen molar-refractivity contribution in [1.29, 1.82) is 0 Å². The Morgan fingerprint density at radius 2 is 1.84 bits per heavy atom. The number of aromatic hydroxyl groups is 1. The van der Waals surface area contributed by atoms with Gasteiger partial charge in [-0.05, 0) is 43.9 Å². The van der Waals surface area contributed by atoms with Crippen LogP contribution < -0.4 is 9.47 Å². The first kappa shape index (κ1) is 22.2. The van der Waals surface area contributed by atoms with E-state index in [-0.39, 0.29) is 29.4 Å². The van der Waals surface area contributed by atoms with Gasteiger partial charge in [-0.25, -0.2) is 0 Å². The maximum atomic E-state index is 13.0. The van der Waals surface area contributed by atoms with Crippen LogP contribution in [0.25, 0.3) is 5.76 Å². The maximum absolute atomic E-state index is 13.0. The van der Waals surface area contributed by atoms with Gasteiger partial charge < -0.3 is 29.5 Å². The highest BCUT2D eigenvalue weighted by atomic mass is 16.5. The van der Waals surface area contributed by atoms with Gasteiger partial charge in [-0.3, -0.25) is 9.59 Å². The standard InChI is InChI=1S/C23H26N2O6/c1-24(2)10-11-25-20(14-8-9-17(26)18(13-14)31-4)19(22(28)23(25)29)21(27)15-6-5-7-16(12-15)30-3/h5-9,12-13,20,26-27H,10-11H2,1-4H3/b21-19-. The van der Waals surface area contributed by atoms with Crippen molar-refractivity contribution in [2.45, 2.75) is 6.04 Å². The molecule has 1 saturated heterocycles. The number of phenols is 1. The number of carbonyl (C=O) groups excluding carboxylic acids is 2. The topological polar surface area (TPSA) is 99.5 Å². The van der Waals surface area contributed by atoms with Gasteiger partial charge in [-0.1, -0.05) is 18.2 Å². The van der Waals surface area contributed by atoms with Crippen LogP contribution >= 0.6 is 0 Å². The first-order valence-electron chi connectivity index (χ1n) is 9.73. The highest BCUT2D eigenvalue weighted by molar-refractivity contribution is 6.46. The number of hydrogen-bond donors (Lipinski definition) is 2. The molecular weight excluding hydrogens is 400 g/mol. The molecule has 1 atom stereocenters. The number of aliphatic hydroxyl groups excluding tert-OH is 1. The van der Waals surface area contributed by atoms with E-state index in [1.165, 1.54) is 25.2 Å². The van der Waals surface area contributed by atoms with E-state index < -0.39 is 17.7 Å². The summed E-state index contributed by atoms with van der Waals surface area (Å²) in [7, 11) is 6.65. The average molecular weight is 426 g/mol. The first-order chi connectivity index (χ1) is 14.8. The molecule has 31 heavy (non-hydrogen) atoms. The van der Waals surface area contributed by atoms with Gasteiger partial charge in [0.15, 0.2) is 11.5 Å². The molecule has 0 bridgehead atoms. The summed E-state index contributed by atoms with van der Waals surface area (Å²) in [6.07, 6.45) is 0. The smallest absolute Gasteiger partial charge is 0.295 e. The summed E-state index contributed by atoms with van der Waals surface area (Å²) in [5.41, 5.74) is 0.877. The highest BCUT2D eigenvalue weighted by Gasteiger charge is 2.46. The molecule has 8 nitrogen and oxygen atoms in total. The number of methoxy groups -OCH3 is 2. The van der Waals surface area contributed by atoms with Crippen LogP contribution in [0.1, 0.15) is 17.2 Å². The molecule has 1 amide bonds. The third kappa shape index (κ3) is 4.34. The molecule has 1 heterocycles. The summed E-state index contributed by atoms with van der Waals surface area (Å²) in [4.78, 5) is 29.2. The molecule has 1 aliphatic rings. The van der Waals surface area contributed by atoms with Crippen molar-refractivity contribution < 1.29 is 29.3 Å².